The molecule has 22 heavy (non-hydrogen) atoms. The van der Waals surface area contributed by atoms with Crippen LogP contribution in [-0.4, -0.2) is 58.1 Å². The summed E-state index contributed by atoms with van der Waals surface area (Å²) >= 11 is 0. The van der Waals surface area contributed by atoms with E-state index in [4.69, 9.17) is 4.52 Å². The zero-order valence-electron chi connectivity index (χ0n) is 13.8. The van der Waals surface area contributed by atoms with E-state index in [2.05, 4.69) is 29.0 Å². The van der Waals surface area contributed by atoms with Gasteiger partial charge in [0.1, 0.15) is 0 Å². The Morgan fingerprint density at radius 2 is 2.00 bits per heavy atom. The fraction of sp³-hybridized carbons (Fsp3) is 0.812. The third-order valence-corrected chi connectivity index (χ3v) is 5.40. The summed E-state index contributed by atoms with van der Waals surface area (Å²) in [6, 6.07) is 0. The second kappa shape index (κ2) is 5.99. The van der Waals surface area contributed by atoms with E-state index in [1.165, 1.54) is 6.42 Å². The molecule has 122 valence electrons. The van der Waals surface area contributed by atoms with Crippen molar-refractivity contribution >= 4 is 5.91 Å². The number of nitrogens with zero attached hydrogens (tertiary/aromatic N) is 4. The van der Waals surface area contributed by atoms with E-state index in [1.807, 2.05) is 11.8 Å². The smallest absolute Gasteiger partial charge is 0.242 e. The van der Waals surface area contributed by atoms with E-state index in [9.17, 15) is 4.79 Å². The van der Waals surface area contributed by atoms with Gasteiger partial charge in [0, 0.05) is 25.9 Å². The number of hydrogen-bond donors (Lipinski definition) is 0. The van der Waals surface area contributed by atoms with Crippen LogP contribution in [0.15, 0.2) is 4.52 Å². The summed E-state index contributed by atoms with van der Waals surface area (Å²) in [7, 11) is 2.08. The maximum atomic E-state index is 13.0. The Hall–Kier alpha value is -1.43. The van der Waals surface area contributed by atoms with E-state index in [-0.39, 0.29) is 11.4 Å². The van der Waals surface area contributed by atoms with Crippen molar-refractivity contribution in [1.29, 1.82) is 0 Å². The lowest BCUT2D eigenvalue weighted by molar-refractivity contribution is -0.146. The molecule has 1 aromatic heterocycles. The van der Waals surface area contributed by atoms with Gasteiger partial charge in [0.15, 0.2) is 5.82 Å². The molecule has 0 aromatic carbocycles. The lowest BCUT2D eigenvalue weighted by atomic mass is 9.86. The fourth-order valence-corrected chi connectivity index (χ4v) is 3.69. The van der Waals surface area contributed by atoms with E-state index < -0.39 is 0 Å². The molecular formula is C16H26N4O2. The normalized spacial score (nSPS) is 28.0. The molecule has 0 saturated carbocycles. The third-order valence-electron chi connectivity index (χ3n) is 5.40. The molecule has 6 nitrogen and oxygen atoms in total. The molecule has 3 rings (SSSR count). The zero-order chi connectivity index (χ0) is 15.7. The summed E-state index contributed by atoms with van der Waals surface area (Å²) in [6.07, 6.45) is 5.14. The average molecular weight is 306 g/mol. The Kier molecular flexibility index (Phi) is 4.21. The first-order valence-electron chi connectivity index (χ1n) is 8.31. The molecule has 0 radical (unpaired) electrons. The summed E-state index contributed by atoms with van der Waals surface area (Å²) in [5, 5.41) is 4.03. The number of likely N-dealkylation sites (tertiary alicyclic amines) is 2. The van der Waals surface area contributed by atoms with E-state index in [0.717, 1.165) is 51.1 Å². The minimum absolute atomic E-state index is 0.289. The number of piperidine rings is 2. The number of amides is 1. The van der Waals surface area contributed by atoms with Gasteiger partial charge in [-0.3, -0.25) is 9.69 Å². The van der Waals surface area contributed by atoms with Crippen LogP contribution >= 0.6 is 0 Å². The molecule has 0 bridgehead atoms. The minimum Gasteiger partial charge on any atom is -0.341 e. The second-order valence-corrected chi connectivity index (χ2v) is 6.89. The molecular weight excluding hydrogens is 280 g/mol. The molecule has 1 aromatic rings. The highest BCUT2D eigenvalue weighted by atomic mass is 16.5. The van der Waals surface area contributed by atoms with Gasteiger partial charge in [0.25, 0.3) is 0 Å². The molecule has 1 atom stereocenters. The first kappa shape index (κ1) is 15.5. The molecule has 2 saturated heterocycles. The van der Waals surface area contributed by atoms with Crippen LogP contribution in [0.5, 0.6) is 0 Å². The van der Waals surface area contributed by atoms with Crippen molar-refractivity contribution < 1.29 is 9.32 Å². The van der Waals surface area contributed by atoms with Gasteiger partial charge < -0.3 is 9.42 Å². The van der Waals surface area contributed by atoms with Gasteiger partial charge in [-0.05, 0) is 52.6 Å². The van der Waals surface area contributed by atoms with Crippen molar-refractivity contribution in [2.45, 2.75) is 57.4 Å². The molecule has 0 aliphatic carbocycles. The average Bonchev–Trinajstić information content (AvgIpc) is 2.96. The molecule has 2 aliphatic heterocycles. The van der Waals surface area contributed by atoms with E-state index in [1.54, 1.807) is 0 Å². The first-order chi connectivity index (χ1) is 10.5. The predicted octanol–water partition coefficient (Wildman–Crippen LogP) is 1.96. The standard InChI is InChI=1S/C16H26N4O2/c1-12-17-14(18-22-12)13-6-10-20(11-7-13)15(21)16(2)8-4-5-9-19(16)3/h13H,4-11H2,1-3H3/t16-/m1/s1. The third kappa shape index (κ3) is 2.76. The maximum Gasteiger partial charge on any atom is 0.242 e. The summed E-state index contributed by atoms with van der Waals surface area (Å²) < 4.78 is 5.07. The Bertz CT molecular complexity index is 536. The molecule has 2 aliphatic rings. The van der Waals surface area contributed by atoms with E-state index >= 15 is 0 Å². The Morgan fingerprint density at radius 1 is 1.27 bits per heavy atom. The largest absolute Gasteiger partial charge is 0.341 e. The van der Waals surface area contributed by atoms with E-state index in [0.29, 0.717) is 11.8 Å². The Labute approximate surface area is 131 Å². The quantitative estimate of drug-likeness (QED) is 0.836. The van der Waals surface area contributed by atoms with Gasteiger partial charge in [-0.1, -0.05) is 5.16 Å². The summed E-state index contributed by atoms with van der Waals surface area (Å²) in [4.78, 5) is 21.6. The predicted molar refractivity (Wildman–Crippen MR) is 82.5 cm³/mol. The topological polar surface area (TPSA) is 62.5 Å². The SMILES string of the molecule is Cc1nc(C2CCN(C(=O)[C@@]3(C)CCCCN3C)CC2)no1. The number of aromatic nitrogens is 2. The van der Waals surface area contributed by atoms with Gasteiger partial charge >= 0.3 is 0 Å². The maximum absolute atomic E-state index is 13.0. The van der Waals surface area contributed by atoms with Crippen molar-refractivity contribution in [1.82, 2.24) is 19.9 Å². The van der Waals surface area contributed by atoms with Gasteiger partial charge in [0.2, 0.25) is 11.8 Å². The van der Waals surface area contributed by atoms with Crippen LogP contribution in [0.2, 0.25) is 0 Å². The van der Waals surface area contributed by atoms with Crippen LogP contribution in [-0.2, 0) is 4.79 Å². The number of aryl methyl sites for hydroxylation is 1. The van der Waals surface area contributed by atoms with Crippen molar-refractivity contribution in [2.24, 2.45) is 0 Å². The lowest BCUT2D eigenvalue weighted by Crippen LogP contribution is -2.59. The van der Waals surface area contributed by atoms with Crippen molar-refractivity contribution in [2.75, 3.05) is 26.7 Å². The van der Waals surface area contributed by atoms with Gasteiger partial charge in [-0.25, -0.2) is 0 Å². The first-order valence-corrected chi connectivity index (χ1v) is 8.31. The zero-order valence-corrected chi connectivity index (χ0v) is 13.8. The molecule has 0 spiro atoms. The Balaban J connectivity index is 1.62. The number of likely N-dealkylation sites (N-methyl/N-ethyl adjacent to an activating group) is 1. The molecule has 0 unspecified atom stereocenters. The number of hydrogen-bond acceptors (Lipinski definition) is 5. The molecule has 6 heteroatoms. The summed E-state index contributed by atoms with van der Waals surface area (Å²) in [5.74, 6) is 2.02. The van der Waals surface area contributed by atoms with Crippen molar-refractivity contribution in [3.63, 3.8) is 0 Å². The van der Waals surface area contributed by atoms with Crippen molar-refractivity contribution in [3.8, 4) is 0 Å². The van der Waals surface area contributed by atoms with Crippen molar-refractivity contribution in [3.05, 3.63) is 11.7 Å². The molecule has 2 fully saturated rings. The fourth-order valence-electron chi connectivity index (χ4n) is 3.69. The van der Waals surface area contributed by atoms with Crippen LogP contribution in [0.3, 0.4) is 0 Å². The van der Waals surface area contributed by atoms with Crippen LogP contribution in [0.1, 0.15) is 56.7 Å². The second-order valence-electron chi connectivity index (χ2n) is 6.89. The number of carbonyl (C=O) groups is 1. The van der Waals surface area contributed by atoms with Gasteiger partial charge in [-0.15, -0.1) is 0 Å². The van der Waals surface area contributed by atoms with Crippen LogP contribution in [0.4, 0.5) is 0 Å². The summed E-state index contributed by atoms with van der Waals surface area (Å²) in [6.45, 7) is 6.51. The highest BCUT2D eigenvalue weighted by molar-refractivity contribution is 5.86. The monoisotopic (exact) mass is 306 g/mol. The highest BCUT2D eigenvalue weighted by Crippen LogP contribution is 2.32. The summed E-state index contributed by atoms with van der Waals surface area (Å²) in [5.41, 5.74) is -0.326. The highest BCUT2D eigenvalue weighted by Gasteiger charge is 2.42. The Morgan fingerprint density at radius 3 is 2.59 bits per heavy atom. The minimum atomic E-state index is -0.326. The molecule has 3 heterocycles. The molecule has 1 amide bonds. The van der Waals surface area contributed by atoms with Crippen LogP contribution in [0.25, 0.3) is 0 Å². The van der Waals surface area contributed by atoms with Crippen LogP contribution < -0.4 is 0 Å². The van der Waals surface area contributed by atoms with Gasteiger partial charge in [-0.2, -0.15) is 4.98 Å². The number of carbonyl (C=O) groups excluding carboxylic acids is 1. The number of rotatable bonds is 2. The van der Waals surface area contributed by atoms with Gasteiger partial charge in [0.05, 0.1) is 5.54 Å². The van der Waals surface area contributed by atoms with Crippen LogP contribution in [0, 0.1) is 6.92 Å². The molecule has 0 N–H and O–H groups in total. The lowest BCUT2D eigenvalue weighted by Gasteiger charge is -2.45.